The zero-order chi connectivity index (χ0) is 13.1. The van der Waals surface area contributed by atoms with Gasteiger partial charge in [0, 0.05) is 29.4 Å². The summed E-state index contributed by atoms with van der Waals surface area (Å²) < 4.78 is 0. The van der Waals surface area contributed by atoms with Crippen molar-refractivity contribution in [1.29, 1.82) is 0 Å². The van der Waals surface area contributed by atoms with Gasteiger partial charge in [-0.05, 0) is 43.0 Å². The van der Waals surface area contributed by atoms with Crippen molar-refractivity contribution in [2.45, 2.75) is 25.3 Å². The lowest BCUT2D eigenvalue weighted by Gasteiger charge is -2.04. The van der Waals surface area contributed by atoms with Gasteiger partial charge in [-0.2, -0.15) is 0 Å². The van der Waals surface area contributed by atoms with Crippen molar-refractivity contribution in [3.8, 4) is 0 Å². The highest BCUT2D eigenvalue weighted by Crippen LogP contribution is 2.48. The number of hydrogen-bond acceptors (Lipinski definition) is 2. The summed E-state index contributed by atoms with van der Waals surface area (Å²) in [5.74, 6) is 1.53. The lowest BCUT2D eigenvalue weighted by atomic mass is 10.2. The number of nitrogens with one attached hydrogen (secondary N) is 2. The molecule has 1 aliphatic rings. The van der Waals surface area contributed by atoms with Gasteiger partial charge in [0.25, 0.3) is 0 Å². The maximum absolute atomic E-state index is 5.86. The molecule has 0 saturated heterocycles. The number of H-pyrrole nitrogens is 1. The van der Waals surface area contributed by atoms with Crippen LogP contribution in [0.3, 0.4) is 0 Å². The molecule has 0 spiro atoms. The minimum atomic E-state index is 0.708. The molecule has 2 aromatic rings. The van der Waals surface area contributed by atoms with E-state index in [1.54, 1.807) is 6.33 Å². The number of benzene rings is 1. The van der Waals surface area contributed by atoms with E-state index < -0.39 is 0 Å². The first-order valence-electron chi connectivity index (χ1n) is 6.76. The van der Waals surface area contributed by atoms with Gasteiger partial charge >= 0.3 is 0 Å². The van der Waals surface area contributed by atoms with Crippen LogP contribution in [0.1, 0.15) is 30.0 Å². The van der Waals surface area contributed by atoms with Crippen LogP contribution in [0.15, 0.2) is 36.8 Å². The van der Waals surface area contributed by atoms with Crippen LogP contribution in [-0.4, -0.2) is 16.5 Å². The average Bonchev–Trinajstić information content (AvgIpc) is 2.98. The molecule has 0 radical (unpaired) electrons. The van der Waals surface area contributed by atoms with Crippen molar-refractivity contribution < 1.29 is 0 Å². The molecule has 1 fully saturated rings. The van der Waals surface area contributed by atoms with Crippen LogP contribution in [0.25, 0.3) is 0 Å². The third-order valence-corrected chi connectivity index (χ3v) is 4.03. The molecular weight excluding hydrogens is 258 g/mol. The maximum Gasteiger partial charge on any atom is 0.0921 e. The molecule has 2 N–H and O–H groups in total. The number of aromatic amines is 1. The van der Waals surface area contributed by atoms with Gasteiger partial charge in [-0.25, -0.2) is 4.98 Å². The molecule has 0 unspecified atom stereocenters. The lowest BCUT2D eigenvalue weighted by molar-refractivity contribution is 0.602. The smallest absolute Gasteiger partial charge is 0.0921 e. The Morgan fingerprint density at radius 3 is 2.89 bits per heavy atom. The van der Waals surface area contributed by atoms with E-state index in [1.807, 2.05) is 18.3 Å². The summed E-state index contributed by atoms with van der Waals surface area (Å²) in [5, 5.41) is 4.28. The Labute approximate surface area is 118 Å². The molecule has 3 rings (SSSR count). The molecule has 1 aliphatic carbocycles. The second-order valence-corrected chi connectivity index (χ2v) is 5.64. The fourth-order valence-electron chi connectivity index (χ4n) is 2.54. The van der Waals surface area contributed by atoms with E-state index >= 15 is 0 Å². The minimum Gasteiger partial charge on any atom is -0.348 e. The highest BCUT2D eigenvalue weighted by Gasteiger charge is 2.38. The molecule has 100 valence electrons. The number of rotatable bonds is 6. The molecule has 0 aliphatic heterocycles. The van der Waals surface area contributed by atoms with E-state index in [4.69, 9.17) is 11.6 Å². The van der Waals surface area contributed by atoms with Gasteiger partial charge in [0.05, 0.1) is 6.33 Å². The summed E-state index contributed by atoms with van der Waals surface area (Å²) in [4.78, 5) is 7.29. The summed E-state index contributed by atoms with van der Waals surface area (Å²) in [6.07, 6.45) is 6.25. The van der Waals surface area contributed by atoms with E-state index in [2.05, 4.69) is 27.4 Å². The fraction of sp³-hybridized carbons (Fsp3) is 0.400. The first-order chi connectivity index (χ1) is 9.33. The molecule has 2 atom stereocenters. The SMILES string of the molecule is Clc1ccc(CNCC[C@H]2C[C@H]2c2cnc[nH]2)cc1. The Bertz CT molecular complexity index is 507. The lowest BCUT2D eigenvalue weighted by Crippen LogP contribution is -2.15. The van der Waals surface area contributed by atoms with Gasteiger partial charge in [0.2, 0.25) is 0 Å². The number of imidazole rings is 1. The molecule has 0 bridgehead atoms. The van der Waals surface area contributed by atoms with Crippen LogP contribution in [0.5, 0.6) is 0 Å². The fourth-order valence-corrected chi connectivity index (χ4v) is 2.67. The normalized spacial score (nSPS) is 21.5. The maximum atomic E-state index is 5.86. The van der Waals surface area contributed by atoms with Crippen molar-refractivity contribution in [3.63, 3.8) is 0 Å². The Kier molecular flexibility index (Phi) is 3.85. The molecule has 0 amide bonds. The third-order valence-electron chi connectivity index (χ3n) is 3.78. The predicted molar refractivity (Wildman–Crippen MR) is 77.2 cm³/mol. The molecule has 1 saturated carbocycles. The van der Waals surface area contributed by atoms with E-state index in [1.165, 1.54) is 24.1 Å². The standard InChI is InChI=1S/C15H18ClN3/c16-13-3-1-11(2-4-13)8-17-6-5-12-7-14(12)15-9-18-10-19-15/h1-4,9-10,12,14,17H,5-8H2,(H,18,19)/t12-,14+/m0/s1. The third kappa shape index (κ3) is 3.37. The monoisotopic (exact) mass is 275 g/mol. The molecular formula is C15H18ClN3. The van der Waals surface area contributed by atoms with E-state index in [0.717, 1.165) is 24.0 Å². The molecule has 3 nitrogen and oxygen atoms in total. The highest BCUT2D eigenvalue weighted by molar-refractivity contribution is 6.30. The van der Waals surface area contributed by atoms with Crippen molar-refractivity contribution in [2.24, 2.45) is 5.92 Å². The molecule has 19 heavy (non-hydrogen) atoms. The molecule has 1 aromatic carbocycles. The van der Waals surface area contributed by atoms with Crippen LogP contribution in [0, 0.1) is 5.92 Å². The number of halogens is 1. The molecule has 1 aromatic heterocycles. The van der Waals surface area contributed by atoms with Crippen LogP contribution in [-0.2, 0) is 6.54 Å². The summed E-state index contributed by atoms with van der Waals surface area (Å²) >= 11 is 5.86. The second-order valence-electron chi connectivity index (χ2n) is 5.20. The van der Waals surface area contributed by atoms with Crippen LogP contribution in [0.4, 0.5) is 0 Å². The summed E-state index contributed by atoms with van der Waals surface area (Å²) in [5.41, 5.74) is 2.58. The highest BCUT2D eigenvalue weighted by atomic mass is 35.5. The van der Waals surface area contributed by atoms with Crippen LogP contribution < -0.4 is 5.32 Å². The van der Waals surface area contributed by atoms with Crippen molar-refractivity contribution in [1.82, 2.24) is 15.3 Å². The Balaban J connectivity index is 1.35. The Hall–Kier alpha value is -1.32. The summed E-state index contributed by atoms with van der Waals surface area (Å²) in [6, 6.07) is 8.02. The van der Waals surface area contributed by atoms with Gasteiger partial charge in [0.15, 0.2) is 0 Å². The minimum absolute atomic E-state index is 0.708. The zero-order valence-corrected chi connectivity index (χ0v) is 11.5. The average molecular weight is 276 g/mol. The van der Waals surface area contributed by atoms with E-state index in [0.29, 0.717) is 5.92 Å². The Morgan fingerprint density at radius 2 is 2.16 bits per heavy atom. The Morgan fingerprint density at radius 1 is 1.32 bits per heavy atom. The van der Waals surface area contributed by atoms with Gasteiger partial charge in [-0.1, -0.05) is 23.7 Å². The second kappa shape index (κ2) is 5.76. The van der Waals surface area contributed by atoms with Gasteiger partial charge < -0.3 is 10.3 Å². The molecule has 4 heteroatoms. The first-order valence-corrected chi connectivity index (χ1v) is 7.14. The van der Waals surface area contributed by atoms with Gasteiger partial charge in [-0.15, -0.1) is 0 Å². The predicted octanol–water partition coefficient (Wildman–Crippen LogP) is 3.35. The van der Waals surface area contributed by atoms with E-state index in [9.17, 15) is 0 Å². The number of nitrogens with zero attached hydrogens (tertiary/aromatic N) is 1. The number of hydrogen-bond donors (Lipinski definition) is 2. The van der Waals surface area contributed by atoms with Gasteiger partial charge in [-0.3, -0.25) is 0 Å². The topological polar surface area (TPSA) is 40.7 Å². The van der Waals surface area contributed by atoms with Crippen molar-refractivity contribution in [2.75, 3.05) is 6.54 Å². The number of aromatic nitrogens is 2. The first kappa shape index (κ1) is 12.7. The summed E-state index contributed by atoms with van der Waals surface area (Å²) in [7, 11) is 0. The zero-order valence-electron chi connectivity index (χ0n) is 10.8. The van der Waals surface area contributed by atoms with Crippen molar-refractivity contribution in [3.05, 3.63) is 53.1 Å². The van der Waals surface area contributed by atoms with Crippen LogP contribution in [0.2, 0.25) is 5.02 Å². The quantitative estimate of drug-likeness (QED) is 0.794. The van der Waals surface area contributed by atoms with E-state index in [-0.39, 0.29) is 0 Å². The van der Waals surface area contributed by atoms with Gasteiger partial charge in [0.1, 0.15) is 0 Å². The molecule has 1 heterocycles. The largest absolute Gasteiger partial charge is 0.348 e. The van der Waals surface area contributed by atoms with Crippen molar-refractivity contribution >= 4 is 11.6 Å². The van der Waals surface area contributed by atoms with Crippen LogP contribution >= 0.6 is 11.6 Å². The summed E-state index contributed by atoms with van der Waals surface area (Å²) in [6.45, 7) is 1.98.